The molecule has 0 spiro atoms. The van der Waals surface area contributed by atoms with Gasteiger partial charge in [-0.05, 0) is 37.8 Å². The molecule has 2 rings (SSSR count). The van der Waals surface area contributed by atoms with Crippen LogP contribution in [0.2, 0.25) is 0 Å². The second-order valence-electron chi connectivity index (χ2n) is 6.03. The SMILES string of the molecule is Cc1cccc(C2(CNCC(C)C)CCC2)c1. The molecule has 0 unspecified atom stereocenters. The number of nitrogens with one attached hydrogen (secondary N) is 1. The predicted octanol–water partition coefficient (Wildman–Crippen LogP) is 3.66. The number of rotatable bonds is 5. The lowest BCUT2D eigenvalue weighted by Gasteiger charge is -2.43. The smallest absolute Gasteiger partial charge is 0.00779 e. The van der Waals surface area contributed by atoms with Crippen molar-refractivity contribution in [3.63, 3.8) is 0 Å². The van der Waals surface area contributed by atoms with Crippen molar-refractivity contribution in [1.82, 2.24) is 5.32 Å². The summed E-state index contributed by atoms with van der Waals surface area (Å²) in [4.78, 5) is 0. The maximum absolute atomic E-state index is 3.65. The Morgan fingerprint density at radius 3 is 2.59 bits per heavy atom. The van der Waals surface area contributed by atoms with Crippen LogP contribution in [0, 0.1) is 12.8 Å². The van der Waals surface area contributed by atoms with Crippen LogP contribution in [0.5, 0.6) is 0 Å². The summed E-state index contributed by atoms with van der Waals surface area (Å²) < 4.78 is 0. The number of benzene rings is 1. The minimum absolute atomic E-state index is 0.431. The van der Waals surface area contributed by atoms with E-state index in [0.717, 1.165) is 19.0 Å². The van der Waals surface area contributed by atoms with E-state index in [1.54, 1.807) is 5.56 Å². The third-order valence-corrected chi connectivity index (χ3v) is 3.96. The van der Waals surface area contributed by atoms with E-state index in [9.17, 15) is 0 Å². The first kappa shape index (κ1) is 12.6. The fourth-order valence-corrected chi connectivity index (χ4v) is 2.75. The van der Waals surface area contributed by atoms with E-state index < -0.39 is 0 Å². The van der Waals surface area contributed by atoms with E-state index >= 15 is 0 Å². The molecule has 0 atom stereocenters. The molecule has 0 heterocycles. The van der Waals surface area contributed by atoms with Crippen LogP contribution in [0.4, 0.5) is 0 Å². The molecule has 1 saturated carbocycles. The Labute approximate surface area is 106 Å². The zero-order chi connectivity index (χ0) is 12.3. The topological polar surface area (TPSA) is 12.0 Å². The van der Waals surface area contributed by atoms with Crippen molar-refractivity contribution in [3.05, 3.63) is 35.4 Å². The summed E-state index contributed by atoms with van der Waals surface area (Å²) in [6, 6.07) is 9.07. The first-order chi connectivity index (χ1) is 8.12. The lowest BCUT2D eigenvalue weighted by molar-refractivity contribution is 0.231. The lowest BCUT2D eigenvalue weighted by Crippen LogP contribution is -2.44. The largest absolute Gasteiger partial charge is 0.316 e. The van der Waals surface area contributed by atoms with Crippen LogP contribution in [0.3, 0.4) is 0 Å². The van der Waals surface area contributed by atoms with Gasteiger partial charge in [-0.25, -0.2) is 0 Å². The molecule has 0 aliphatic heterocycles. The average Bonchev–Trinajstić information content (AvgIpc) is 2.21. The highest BCUT2D eigenvalue weighted by Crippen LogP contribution is 2.43. The van der Waals surface area contributed by atoms with Crippen LogP contribution in [0.25, 0.3) is 0 Å². The van der Waals surface area contributed by atoms with Crippen LogP contribution in [0.15, 0.2) is 24.3 Å². The van der Waals surface area contributed by atoms with E-state index in [1.165, 1.54) is 24.8 Å². The highest BCUT2D eigenvalue weighted by molar-refractivity contribution is 5.32. The molecule has 0 bridgehead atoms. The van der Waals surface area contributed by atoms with E-state index in [1.807, 2.05) is 0 Å². The summed E-state index contributed by atoms with van der Waals surface area (Å²) in [7, 11) is 0. The number of hydrogen-bond acceptors (Lipinski definition) is 1. The van der Waals surface area contributed by atoms with Crippen molar-refractivity contribution in [2.45, 2.75) is 45.4 Å². The molecule has 1 aromatic rings. The van der Waals surface area contributed by atoms with Crippen molar-refractivity contribution >= 4 is 0 Å². The molecule has 1 aliphatic rings. The van der Waals surface area contributed by atoms with Gasteiger partial charge in [-0.1, -0.05) is 50.1 Å². The van der Waals surface area contributed by atoms with E-state index in [4.69, 9.17) is 0 Å². The molecule has 17 heavy (non-hydrogen) atoms. The summed E-state index contributed by atoms with van der Waals surface area (Å²) >= 11 is 0. The van der Waals surface area contributed by atoms with Crippen LogP contribution >= 0.6 is 0 Å². The predicted molar refractivity (Wildman–Crippen MR) is 74.4 cm³/mol. The van der Waals surface area contributed by atoms with Crippen LogP contribution < -0.4 is 5.32 Å². The van der Waals surface area contributed by atoms with Gasteiger partial charge in [0.1, 0.15) is 0 Å². The molecule has 94 valence electrons. The molecule has 0 radical (unpaired) electrons. The van der Waals surface area contributed by atoms with Gasteiger partial charge < -0.3 is 5.32 Å². The van der Waals surface area contributed by atoms with Crippen molar-refractivity contribution in [3.8, 4) is 0 Å². The second-order valence-corrected chi connectivity index (χ2v) is 6.03. The summed E-state index contributed by atoms with van der Waals surface area (Å²) in [5, 5.41) is 3.65. The Bertz CT molecular complexity index is 364. The molecule has 1 nitrogen and oxygen atoms in total. The minimum atomic E-state index is 0.431. The van der Waals surface area contributed by atoms with Gasteiger partial charge in [0.25, 0.3) is 0 Å². The molecule has 1 N–H and O–H groups in total. The maximum Gasteiger partial charge on any atom is 0.00779 e. The summed E-state index contributed by atoms with van der Waals surface area (Å²) in [6.07, 6.45) is 4.08. The first-order valence-electron chi connectivity index (χ1n) is 6.90. The highest BCUT2D eigenvalue weighted by atomic mass is 14.9. The van der Waals surface area contributed by atoms with E-state index in [-0.39, 0.29) is 0 Å². The van der Waals surface area contributed by atoms with E-state index in [0.29, 0.717) is 5.41 Å². The maximum atomic E-state index is 3.65. The summed E-state index contributed by atoms with van der Waals surface area (Å²) in [6.45, 7) is 9.01. The van der Waals surface area contributed by atoms with Gasteiger partial charge >= 0.3 is 0 Å². The zero-order valence-corrected chi connectivity index (χ0v) is 11.4. The Kier molecular flexibility index (Phi) is 3.88. The Morgan fingerprint density at radius 1 is 1.29 bits per heavy atom. The van der Waals surface area contributed by atoms with Gasteiger partial charge in [0.15, 0.2) is 0 Å². The summed E-state index contributed by atoms with van der Waals surface area (Å²) in [5.41, 5.74) is 3.36. The van der Waals surface area contributed by atoms with Gasteiger partial charge in [0, 0.05) is 12.0 Å². The van der Waals surface area contributed by atoms with Gasteiger partial charge in [-0.2, -0.15) is 0 Å². The standard InChI is InChI=1S/C16H25N/c1-13(2)11-17-12-16(8-5-9-16)15-7-4-6-14(3)10-15/h4,6-7,10,13,17H,5,8-9,11-12H2,1-3H3. The normalized spacial score (nSPS) is 18.1. The number of hydrogen-bond donors (Lipinski definition) is 1. The molecule has 0 saturated heterocycles. The molecule has 0 aromatic heterocycles. The third-order valence-electron chi connectivity index (χ3n) is 3.96. The quantitative estimate of drug-likeness (QED) is 0.815. The van der Waals surface area contributed by atoms with Crippen molar-refractivity contribution in [2.24, 2.45) is 5.92 Å². The van der Waals surface area contributed by atoms with Crippen LogP contribution in [0.1, 0.15) is 44.2 Å². The Balaban J connectivity index is 2.04. The fraction of sp³-hybridized carbons (Fsp3) is 0.625. The molecule has 1 heteroatoms. The molecule has 1 aromatic carbocycles. The van der Waals surface area contributed by atoms with Gasteiger partial charge in [0.2, 0.25) is 0 Å². The van der Waals surface area contributed by atoms with Crippen LogP contribution in [-0.4, -0.2) is 13.1 Å². The number of aryl methyl sites for hydroxylation is 1. The Morgan fingerprint density at radius 2 is 2.06 bits per heavy atom. The fourth-order valence-electron chi connectivity index (χ4n) is 2.75. The highest BCUT2D eigenvalue weighted by Gasteiger charge is 2.38. The minimum Gasteiger partial charge on any atom is -0.316 e. The summed E-state index contributed by atoms with van der Waals surface area (Å²) in [5.74, 6) is 0.740. The van der Waals surface area contributed by atoms with E-state index in [2.05, 4.69) is 50.4 Å². The molecule has 1 fully saturated rings. The zero-order valence-electron chi connectivity index (χ0n) is 11.4. The van der Waals surface area contributed by atoms with Crippen molar-refractivity contribution in [1.29, 1.82) is 0 Å². The lowest BCUT2D eigenvalue weighted by atomic mass is 9.64. The van der Waals surface area contributed by atoms with Crippen molar-refractivity contribution < 1.29 is 0 Å². The molecular formula is C16H25N. The molecule has 1 aliphatic carbocycles. The van der Waals surface area contributed by atoms with Gasteiger partial charge in [0.05, 0.1) is 0 Å². The average molecular weight is 231 g/mol. The second kappa shape index (κ2) is 5.22. The molecular weight excluding hydrogens is 206 g/mol. The van der Waals surface area contributed by atoms with Gasteiger partial charge in [-0.15, -0.1) is 0 Å². The Hall–Kier alpha value is -0.820. The van der Waals surface area contributed by atoms with Crippen molar-refractivity contribution in [2.75, 3.05) is 13.1 Å². The molecule has 0 amide bonds. The monoisotopic (exact) mass is 231 g/mol. The van der Waals surface area contributed by atoms with Crippen LogP contribution in [-0.2, 0) is 5.41 Å². The van der Waals surface area contributed by atoms with Gasteiger partial charge in [-0.3, -0.25) is 0 Å². The third kappa shape index (κ3) is 2.90. The first-order valence-corrected chi connectivity index (χ1v) is 6.90.